The number of amides is 1. The third kappa shape index (κ3) is 4.80. The molecule has 0 bridgehead atoms. The fourth-order valence-electron chi connectivity index (χ4n) is 1.28. The summed E-state index contributed by atoms with van der Waals surface area (Å²) in [5.74, 6) is -1.83. The summed E-state index contributed by atoms with van der Waals surface area (Å²) in [4.78, 5) is 11.2. The van der Waals surface area contributed by atoms with Crippen LogP contribution in [0.2, 0.25) is 0 Å². The van der Waals surface area contributed by atoms with Crippen LogP contribution in [0.25, 0.3) is 0 Å². The van der Waals surface area contributed by atoms with Gasteiger partial charge in [-0.2, -0.15) is 0 Å². The molecule has 0 fully saturated rings. The third-order valence-corrected chi connectivity index (χ3v) is 2.17. The minimum atomic E-state index is -0.898. The number of halogens is 2. The fourth-order valence-corrected chi connectivity index (χ4v) is 1.28. The van der Waals surface area contributed by atoms with E-state index in [-0.39, 0.29) is 5.91 Å². The van der Waals surface area contributed by atoms with E-state index in [1.165, 1.54) is 6.07 Å². The molecule has 1 aromatic rings. The Bertz CT molecular complexity index is 383. The summed E-state index contributed by atoms with van der Waals surface area (Å²) in [6.07, 6.45) is 1.20. The summed E-state index contributed by atoms with van der Waals surface area (Å²) in [6.45, 7) is 3.02. The molecule has 0 spiro atoms. The molecule has 0 aliphatic carbocycles. The molecule has 0 saturated heterocycles. The second-order valence-corrected chi connectivity index (χ2v) is 3.66. The largest absolute Gasteiger partial charge is 0.384 e. The van der Waals surface area contributed by atoms with Crippen molar-refractivity contribution in [1.82, 2.24) is 5.32 Å². The number of nitrogens with one attached hydrogen (secondary N) is 2. The normalized spacial score (nSPS) is 10.1. The number of anilines is 1. The standard InChI is InChI=1S/C12H16F2N2O/c1-2-6-16-12(17)5-7-15-9-3-4-10(13)11(14)8-9/h3-4,8,15H,2,5-7H2,1H3,(H,16,17). The van der Waals surface area contributed by atoms with E-state index in [4.69, 9.17) is 0 Å². The van der Waals surface area contributed by atoms with Gasteiger partial charge >= 0.3 is 0 Å². The molecule has 5 heteroatoms. The predicted molar refractivity (Wildman–Crippen MR) is 62.8 cm³/mol. The quantitative estimate of drug-likeness (QED) is 0.803. The highest BCUT2D eigenvalue weighted by Gasteiger charge is 2.03. The minimum Gasteiger partial charge on any atom is -0.384 e. The van der Waals surface area contributed by atoms with Crippen LogP contribution in [0.3, 0.4) is 0 Å². The SMILES string of the molecule is CCCNC(=O)CCNc1ccc(F)c(F)c1. The van der Waals surface area contributed by atoms with Gasteiger partial charge < -0.3 is 10.6 Å². The van der Waals surface area contributed by atoms with Gasteiger partial charge in [0.15, 0.2) is 11.6 Å². The highest BCUT2D eigenvalue weighted by molar-refractivity contribution is 5.76. The van der Waals surface area contributed by atoms with Gasteiger partial charge in [0, 0.05) is 25.2 Å². The molecule has 0 saturated carbocycles. The summed E-state index contributed by atoms with van der Waals surface area (Å²) in [6, 6.07) is 3.55. The van der Waals surface area contributed by atoms with Crippen LogP contribution in [-0.4, -0.2) is 19.0 Å². The molecule has 0 unspecified atom stereocenters. The Hall–Kier alpha value is -1.65. The Morgan fingerprint density at radius 1 is 1.24 bits per heavy atom. The van der Waals surface area contributed by atoms with Gasteiger partial charge in [-0.3, -0.25) is 4.79 Å². The number of benzene rings is 1. The van der Waals surface area contributed by atoms with Crippen LogP contribution in [0.1, 0.15) is 19.8 Å². The van der Waals surface area contributed by atoms with Gasteiger partial charge in [-0.05, 0) is 24.6 Å². The second-order valence-electron chi connectivity index (χ2n) is 3.66. The molecule has 0 aliphatic rings. The highest BCUT2D eigenvalue weighted by atomic mass is 19.2. The molecule has 0 radical (unpaired) electrons. The molecule has 0 heterocycles. The lowest BCUT2D eigenvalue weighted by molar-refractivity contribution is -0.120. The molecule has 17 heavy (non-hydrogen) atoms. The van der Waals surface area contributed by atoms with Crippen molar-refractivity contribution in [3.63, 3.8) is 0 Å². The van der Waals surface area contributed by atoms with Crippen LogP contribution in [0, 0.1) is 11.6 Å². The summed E-state index contributed by atoms with van der Waals surface area (Å²) in [7, 11) is 0. The zero-order valence-corrected chi connectivity index (χ0v) is 9.72. The van der Waals surface area contributed by atoms with Crippen LogP contribution < -0.4 is 10.6 Å². The van der Waals surface area contributed by atoms with E-state index in [1.54, 1.807) is 0 Å². The van der Waals surface area contributed by atoms with Crippen molar-refractivity contribution < 1.29 is 13.6 Å². The Labute approximate surface area is 99.2 Å². The van der Waals surface area contributed by atoms with E-state index in [0.29, 0.717) is 25.2 Å². The Balaban J connectivity index is 2.30. The summed E-state index contributed by atoms with van der Waals surface area (Å²) in [5, 5.41) is 5.58. The molecule has 0 aromatic heterocycles. The molecular formula is C12H16F2N2O. The second kappa shape index (κ2) is 6.83. The average Bonchev–Trinajstić information content (AvgIpc) is 2.31. The topological polar surface area (TPSA) is 41.1 Å². The van der Waals surface area contributed by atoms with Gasteiger partial charge in [-0.25, -0.2) is 8.78 Å². The first-order valence-corrected chi connectivity index (χ1v) is 5.59. The van der Waals surface area contributed by atoms with Crippen molar-refractivity contribution in [2.45, 2.75) is 19.8 Å². The number of hydrogen-bond acceptors (Lipinski definition) is 2. The predicted octanol–water partition coefficient (Wildman–Crippen LogP) is 2.29. The monoisotopic (exact) mass is 242 g/mol. The zero-order chi connectivity index (χ0) is 12.7. The van der Waals surface area contributed by atoms with Crippen LogP contribution >= 0.6 is 0 Å². The summed E-state index contributed by atoms with van der Waals surface area (Å²) < 4.78 is 25.5. The lowest BCUT2D eigenvalue weighted by Crippen LogP contribution is -2.25. The van der Waals surface area contributed by atoms with Crippen LogP contribution in [-0.2, 0) is 4.79 Å². The molecular weight excluding hydrogens is 226 g/mol. The lowest BCUT2D eigenvalue weighted by Gasteiger charge is -2.07. The van der Waals surface area contributed by atoms with Gasteiger partial charge in [0.25, 0.3) is 0 Å². The van der Waals surface area contributed by atoms with E-state index in [0.717, 1.165) is 18.6 Å². The molecule has 0 atom stereocenters. The van der Waals surface area contributed by atoms with Crippen molar-refractivity contribution in [2.75, 3.05) is 18.4 Å². The first-order valence-electron chi connectivity index (χ1n) is 5.59. The van der Waals surface area contributed by atoms with Crippen LogP contribution in [0.4, 0.5) is 14.5 Å². The highest BCUT2D eigenvalue weighted by Crippen LogP contribution is 2.12. The summed E-state index contributed by atoms with van der Waals surface area (Å²) >= 11 is 0. The summed E-state index contributed by atoms with van der Waals surface area (Å²) in [5.41, 5.74) is 0.465. The molecule has 0 aliphatic heterocycles. The Morgan fingerprint density at radius 3 is 2.65 bits per heavy atom. The number of rotatable bonds is 6. The van der Waals surface area contributed by atoms with Crippen molar-refractivity contribution in [2.24, 2.45) is 0 Å². The Morgan fingerprint density at radius 2 is 2.00 bits per heavy atom. The maximum atomic E-state index is 12.8. The van der Waals surface area contributed by atoms with E-state index in [1.807, 2.05) is 6.92 Å². The maximum Gasteiger partial charge on any atom is 0.221 e. The van der Waals surface area contributed by atoms with E-state index < -0.39 is 11.6 Å². The maximum absolute atomic E-state index is 12.8. The Kier molecular flexibility index (Phi) is 5.39. The van der Waals surface area contributed by atoms with Gasteiger partial charge in [0.1, 0.15) is 0 Å². The van der Waals surface area contributed by atoms with Gasteiger partial charge in [-0.1, -0.05) is 6.92 Å². The fraction of sp³-hybridized carbons (Fsp3) is 0.417. The van der Waals surface area contributed by atoms with E-state index in [9.17, 15) is 13.6 Å². The van der Waals surface area contributed by atoms with Crippen molar-refractivity contribution in [1.29, 1.82) is 0 Å². The first kappa shape index (κ1) is 13.4. The minimum absolute atomic E-state index is 0.0538. The van der Waals surface area contributed by atoms with Crippen molar-refractivity contribution >= 4 is 11.6 Å². The van der Waals surface area contributed by atoms with Crippen molar-refractivity contribution in [3.8, 4) is 0 Å². The van der Waals surface area contributed by atoms with Gasteiger partial charge in [0.05, 0.1) is 0 Å². The van der Waals surface area contributed by atoms with Gasteiger partial charge in [-0.15, -0.1) is 0 Å². The van der Waals surface area contributed by atoms with Gasteiger partial charge in [0.2, 0.25) is 5.91 Å². The molecule has 1 aromatic carbocycles. The molecule has 2 N–H and O–H groups in total. The number of carbonyl (C=O) groups excluding carboxylic acids is 1. The van der Waals surface area contributed by atoms with Crippen molar-refractivity contribution in [3.05, 3.63) is 29.8 Å². The number of hydrogen-bond donors (Lipinski definition) is 2. The third-order valence-electron chi connectivity index (χ3n) is 2.17. The molecule has 3 nitrogen and oxygen atoms in total. The molecule has 94 valence electrons. The molecule has 1 amide bonds. The zero-order valence-electron chi connectivity index (χ0n) is 9.72. The first-order chi connectivity index (χ1) is 8.13. The van der Waals surface area contributed by atoms with Crippen LogP contribution in [0.15, 0.2) is 18.2 Å². The van der Waals surface area contributed by atoms with E-state index >= 15 is 0 Å². The van der Waals surface area contributed by atoms with Crippen LogP contribution in [0.5, 0.6) is 0 Å². The smallest absolute Gasteiger partial charge is 0.221 e. The average molecular weight is 242 g/mol. The number of carbonyl (C=O) groups is 1. The molecule has 1 rings (SSSR count). The van der Waals surface area contributed by atoms with E-state index in [2.05, 4.69) is 10.6 Å². The lowest BCUT2D eigenvalue weighted by atomic mass is 10.3.